The number of ether oxygens (including phenoxy) is 1. The normalized spacial score (nSPS) is 11.9. The van der Waals surface area contributed by atoms with E-state index in [9.17, 15) is 5.26 Å². The molecule has 0 fully saturated rings. The molecule has 2 rings (SSSR count). The summed E-state index contributed by atoms with van der Waals surface area (Å²) in [5.74, 6) is 0.983. The molecule has 1 aromatic carbocycles. The van der Waals surface area contributed by atoms with Gasteiger partial charge < -0.3 is 10.5 Å². The molecule has 0 aliphatic rings. The van der Waals surface area contributed by atoms with Crippen molar-refractivity contribution in [3.8, 4) is 17.7 Å². The summed E-state index contributed by atoms with van der Waals surface area (Å²) < 4.78 is 7.64. The number of para-hydroxylation sites is 1. The standard InChI is InChI=1S/C15H16ClN3O/c1-3-10(2)19-11(9-17)8-13(18)15(19)20-14-7-5-4-6-12(14)16/h4-8,10H,3,18H2,1-2H3. The van der Waals surface area contributed by atoms with Gasteiger partial charge in [-0.2, -0.15) is 5.26 Å². The fourth-order valence-electron chi connectivity index (χ4n) is 1.97. The molecule has 0 bridgehead atoms. The molecule has 4 nitrogen and oxygen atoms in total. The van der Waals surface area contributed by atoms with Crippen LogP contribution in [0.2, 0.25) is 5.02 Å². The highest BCUT2D eigenvalue weighted by Gasteiger charge is 2.19. The van der Waals surface area contributed by atoms with Crippen molar-refractivity contribution < 1.29 is 4.74 Å². The molecule has 1 unspecified atom stereocenters. The lowest BCUT2D eigenvalue weighted by atomic mass is 10.2. The second-order valence-electron chi connectivity index (χ2n) is 4.56. The molecule has 0 saturated carbocycles. The summed E-state index contributed by atoms with van der Waals surface area (Å²) in [5, 5.41) is 9.72. The van der Waals surface area contributed by atoms with Crippen molar-refractivity contribution in [2.75, 3.05) is 5.73 Å². The van der Waals surface area contributed by atoms with Gasteiger partial charge >= 0.3 is 0 Å². The van der Waals surface area contributed by atoms with Crippen LogP contribution in [0.15, 0.2) is 30.3 Å². The average molecular weight is 290 g/mol. The number of hydrogen-bond acceptors (Lipinski definition) is 3. The molecule has 2 aromatic rings. The van der Waals surface area contributed by atoms with Crippen LogP contribution in [0.1, 0.15) is 32.0 Å². The van der Waals surface area contributed by atoms with Gasteiger partial charge in [0.15, 0.2) is 0 Å². The van der Waals surface area contributed by atoms with E-state index in [1.165, 1.54) is 0 Å². The van der Waals surface area contributed by atoms with Crippen molar-refractivity contribution in [2.45, 2.75) is 26.3 Å². The smallest absolute Gasteiger partial charge is 0.224 e. The third-order valence-corrected chi connectivity index (χ3v) is 3.52. The maximum atomic E-state index is 9.21. The van der Waals surface area contributed by atoms with Gasteiger partial charge in [-0.3, -0.25) is 4.57 Å². The quantitative estimate of drug-likeness (QED) is 0.909. The molecule has 1 atom stereocenters. The van der Waals surface area contributed by atoms with Crippen LogP contribution in [0.5, 0.6) is 11.6 Å². The van der Waals surface area contributed by atoms with Gasteiger partial charge in [0.25, 0.3) is 0 Å². The minimum absolute atomic E-state index is 0.111. The Labute approximate surface area is 123 Å². The number of benzene rings is 1. The van der Waals surface area contributed by atoms with Gasteiger partial charge in [-0.05, 0) is 25.5 Å². The fourth-order valence-corrected chi connectivity index (χ4v) is 2.15. The highest BCUT2D eigenvalue weighted by atomic mass is 35.5. The fraction of sp³-hybridized carbons (Fsp3) is 0.267. The zero-order valence-electron chi connectivity index (χ0n) is 11.4. The van der Waals surface area contributed by atoms with E-state index in [0.29, 0.717) is 28.0 Å². The second kappa shape index (κ2) is 5.89. The predicted molar refractivity (Wildman–Crippen MR) is 80.1 cm³/mol. The topological polar surface area (TPSA) is 64.0 Å². The van der Waals surface area contributed by atoms with Crippen LogP contribution in [-0.2, 0) is 0 Å². The number of aromatic nitrogens is 1. The van der Waals surface area contributed by atoms with Crippen LogP contribution in [-0.4, -0.2) is 4.57 Å². The summed E-state index contributed by atoms with van der Waals surface area (Å²) in [6.07, 6.45) is 0.863. The Balaban J connectivity index is 2.49. The summed E-state index contributed by atoms with van der Waals surface area (Å²) in [7, 11) is 0. The van der Waals surface area contributed by atoms with Gasteiger partial charge in [0.1, 0.15) is 17.5 Å². The number of nitrogen functional groups attached to an aromatic ring is 1. The van der Waals surface area contributed by atoms with Gasteiger partial charge in [0.05, 0.1) is 10.7 Å². The van der Waals surface area contributed by atoms with Crippen molar-refractivity contribution in [2.24, 2.45) is 0 Å². The van der Waals surface area contributed by atoms with Crippen molar-refractivity contribution in [1.29, 1.82) is 5.26 Å². The minimum atomic E-state index is 0.111. The monoisotopic (exact) mass is 289 g/mol. The molecule has 1 aromatic heterocycles. The Hall–Kier alpha value is -2.12. The Morgan fingerprint density at radius 2 is 2.15 bits per heavy atom. The molecule has 0 spiro atoms. The van der Waals surface area contributed by atoms with Gasteiger partial charge in [0.2, 0.25) is 5.88 Å². The largest absolute Gasteiger partial charge is 0.437 e. The summed E-state index contributed by atoms with van der Waals surface area (Å²) in [5.41, 5.74) is 6.89. The summed E-state index contributed by atoms with van der Waals surface area (Å²) >= 11 is 6.09. The molecule has 20 heavy (non-hydrogen) atoms. The molecule has 0 amide bonds. The van der Waals surface area contributed by atoms with Gasteiger partial charge in [-0.15, -0.1) is 0 Å². The predicted octanol–water partition coefficient (Wildman–Crippen LogP) is 4.36. The average Bonchev–Trinajstić information content (AvgIpc) is 2.77. The second-order valence-corrected chi connectivity index (χ2v) is 4.97. The van der Waals surface area contributed by atoms with E-state index in [-0.39, 0.29) is 6.04 Å². The van der Waals surface area contributed by atoms with Crippen molar-refractivity contribution in [1.82, 2.24) is 4.57 Å². The maximum absolute atomic E-state index is 9.21. The lowest BCUT2D eigenvalue weighted by molar-refractivity contribution is 0.398. The molecule has 0 aliphatic heterocycles. The first-order valence-electron chi connectivity index (χ1n) is 6.41. The van der Waals surface area contributed by atoms with Crippen LogP contribution < -0.4 is 10.5 Å². The number of hydrogen-bond donors (Lipinski definition) is 1. The Morgan fingerprint density at radius 1 is 1.45 bits per heavy atom. The van der Waals surface area contributed by atoms with E-state index in [1.807, 2.05) is 26.0 Å². The van der Waals surface area contributed by atoms with Crippen LogP contribution in [0.3, 0.4) is 0 Å². The molecule has 1 heterocycles. The molecular weight excluding hydrogens is 274 g/mol. The highest BCUT2D eigenvalue weighted by Crippen LogP contribution is 2.37. The highest BCUT2D eigenvalue weighted by molar-refractivity contribution is 6.32. The third-order valence-electron chi connectivity index (χ3n) is 3.21. The zero-order chi connectivity index (χ0) is 14.7. The first-order valence-corrected chi connectivity index (χ1v) is 6.79. The van der Waals surface area contributed by atoms with Crippen molar-refractivity contribution >= 4 is 17.3 Å². The molecule has 0 radical (unpaired) electrons. The summed E-state index contributed by atoms with van der Waals surface area (Å²) in [6.45, 7) is 4.06. The van der Waals surface area contributed by atoms with E-state index in [2.05, 4.69) is 6.07 Å². The number of nitrogens with two attached hydrogens (primary N) is 1. The summed E-state index contributed by atoms with van der Waals surface area (Å²) in [6, 6.07) is 11.0. The van der Waals surface area contributed by atoms with Crippen LogP contribution in [0.4, 0.5) is 5.69 Å². The van der Waals surface area contributed by atoms with Crippen molar-refractivity contribution in [3.05, 3.63) is 41.0 Å². The van der Waals surface area contributed by atoms with E-state index in [0.717, 1.165) is 6.42 Å². The number of nitriles is 1. The van der Waals surface area contributed by atoms with E-state index in [4.69, 9.17) is 22.1 Å². The van der Waals surface area contributed by atoms with Gasteiger partial charge in [-0.1, -0.05) is 30.7 Å². The van der Waals surface area contributed by atoms with Gasteiger partial charge in [-0.25, -0.2) is 0 Å². The van der Waals surface area contributed by atoms with Crippen LogP contribution >= 0.6 is 11.6 Å². The van der Waals surface area contributed by atoms with Crippen LogP contribution in [0, 0.1) is 11.3 Å². The van der Waals surface area contributed by atoms with Crippen LogP contribution in [0.25, 0.3) is 0 Å². The molecule has 104 valence electrons. The lowest BCUT2D eigenvalue weighted by Crippen LogP contribution is -2.08. The molecule has 5 heteroatoms. The minimum Gasteiger partial charge on any atom is -0.437 e. The van der Waals surface area contributed by atoms with Crippen molar-refractivity contribution in [3.63, 3.8) is 0 Å². The first kappa shape index (κ1) is 14.3. The molecular formula is C15H16ClN3O. The first-order chi connectivity index (χ1) is 9.58. The number of halogens is 1. The Morgan fingerprint density at radius 3 is 2.75 bits per heavy atom. The Kier molecular flexibility index (Phi) is 4.21. The van der Waals surface area contributed by atoms with E-state index >= 15 is 0 Å². The van der Waals surface area contributed by atoms with E-state index < -0.39 is 0 Å². The van der Waals surface area contributed by atoms with E-state index in [1.54, 1.807) is 22.8 Å². The Bertz CT molecular complexity index is 658. The van der Waals surface area contributed by atoms with Gasteiger partial charge in [0, 0.05) is 12.1 Å². The number of nitrogens with zero attached hydrogens (tertiary/aromatic N) is 2. The summed E-state index contributed by atoms with van der Waals surface area (Å²) in [4.78, 5) is 0. The maximum Gasteiger partial charge on any atom is 0.224 e. The molecule has 2 N–H and O–H groups in total. The molecule has 0 aliphatic carbocycles. The lowest BCUT2D eigenvalue weighted by Gasteiger charge is -2.17. The number of anilines is 1. The molecule has 0 saturated heterocycles. The third kappa shape index (κ3) is 2.59. The number of rotatable bonds is 4. The zero-order valence-corrected chi connectivity index (χ0v) is 12.2. The SMILES string of the molecule is CCC(C)n1c(C#N)cc(N)c1Oc1ccccc1Cl.